The summed E-state index contributed by atoms with van der Waals surface area (Å²) in [5.41, 5.74) is 2.63. The molecule has 0 saturated heterocycles. The lowest BCUT2D eigenvalue weighted by Crippen LogP contribution is -3.05. The fraction of sp³-hybridized carbons (Fsp3) is 0.304. The zero-order valence-electron chi connectivity index (χ0n) is 16.8. The van der Waals surface area contributed by atoms with Crippen LogP contribution < -0.4 is 10.3 Å². The molecule has 1 N–H and O–H groups in total. The maximum atomic E-state index is 13.4. The molecule has 4 rings (SSSR count). The first-order chi connectivity index (χ1) is 13.9. The van der Waals surface area contributed by atoms with Gasteiger partial charge in [0, 0.05) is 18.0 Å². The van der Waals surface area contributed by atoms with E-state index in [1.165, 1.54) is 4.90 Å². The number of aryl methyl sites for hydroxylation is 1. The fourth-order valence-corrected chi connectivity index (χ4v) is 4.09. The average Bonchev–Trinajstić information content (AvgIpc) is 2.95. The van der Waals surface area contributed by atoms with E-state index in [2.05, 4.69) is 14.1 Å². The van der Waals surface area contributed by atoms with E-state index < -0.39 is 6.04 Å². The first-order valence-corrected chi connectivity index (χ1v) is 10.2. The number of benzene rings is 2. The summed E-state index contributed by atoms with van der Waals surface area (Å²) < 4.78 is 5.93. The third-order valence-corrected chi connectivity index (χ3v) is 5.63. The van der Waals surface area contributed by atoms with Gasteiger partial charge >= 0.3 is 0 Å². The predicted molar refractivity (Wildman–Crippen MR) is 114 cm³/mol. The number of nitrogens with one attached hydrogen (secondary N) is 1. The Morgan fingerprint density at radius 2 is 1.83 bits per heavy atom. The van der Waals surface area contributed by atoms with Gasteiger partial charge in [0.1, 0.15) is 5.58 Å². The van der Waals surface area contributed by atoms with E-state index in [1.807, 2.05) is 31.2 Å². The normalized spacial score (nSPS) is 16.1. The molecule has 1 aliphatic heterocycles. The van der Waals surface area contributed by atoms with Crippen molar-refractivity contribution in [3.05, 3.63) is 80.2 Å². The van der Waals surface area contributed by atoms with Crippen molar-refractivity contribution in [2.24, 2.45) is 0 Å². The van der Waals surface area contributed by atoms with Gasteiger partial charge in [0.25, 0.3) is 5.91 Å². The number of halogens is 1. The van der Waals surface area contributed by atoms with Gasteiger partial charge < -0.3 is 14.2 Å². The number of quaternary nitrogens is 1. The second-order valence-electron chi connectivity index (χ2n) is 7.94. The highest BCUT2D eigenvalue weighted by Gasteiger charge is 2.42. The predicted octanol–water partition coefficient (Wildman–Crippen LogP) is 2.83. The van der Waals surface area contributed by atoms with Gasteiger partial charge in [-0.15, -0.1) is 0 Å². The molecule has 0 fully saturated rings. The fourth-order valence-electron chi connectivity index (χ4n) is 3.92. The second-order valence-corrected chi connectivity index (χ2v) is 8.37. The lowest BCUT2D eigenvalue weighted by molar-refractivity contribution is -0.858. The van der Waals surface area contributed by atoms with Gasteiger partial charge in [0.05, 0.1) is 37.6 Å². The molecule has 0 bridgehead atoms. The average molecular weight is 412 g/mol. The summed E-state index contributed by atoms with van der Waals surface area (Å²) >= 11 is 6.11. The molecule has 2 aromatic carbocycles. The molecule has 0 unspecified atom stereocenters. The van der Waals surface area contributed by atoms with Gasteiger partial charge in [0.2, 0.25) is 5.76 Å². The molecular weight excluding hydrogens is 388 g/mol. The Kier molecular flexibility index (Phi) is 5.19. The van der Waals surface area contributed by atoms with Crippen molar-refractivity contribution in [3.8, 4) is 0 Å². The zero-order valence-corrected chi connectivity index (χ0v) is 17.5. The quantitative estimate of drug-likeness (QED) is 0.702. The van der Waals surface area contributed by atoms with E-state index >= 15 is 0 Å². The molecule has 1 amide bonds. The van der Waals surface area contributed by atoms with Crippen molar-refractivity contribution in [1.82, 2.24) is 4.90 Å². The van der Waals surface area contributed by atoms with Crippen LogP contribution in [0.1, 0.15) is 39.7 Å². The van der Waals surface area contributed by atoms with Crippen LogP contribution in [-0.2, 0) is 0 Å². The molecular formula is C23H24ClN2O3+. The minimum atomic E-state index is -0.449. The first-order valence-electron chi connectivity index (χ1n) is 9.79. The molecule has 1 aliphatic rings. The number of hydrogen-bond acceptors (Lipinski definition) is 3. The number of carbonyl (C=O) groups excluding carboxylic acids is 1. The molecule has 0 aliphatic carbocycles. The van der Waals surface area contributed by atoms with E-state index in [1.54, 1.807) is 23.1 Å². The van der Waals surface area contributed by atoms with E-state index in [9.17, 15) is 9.59 Å². The number of hydrogen-bond donors (Lipinski definition) is 1. The highest BCUT2D eigenvalue weighted by molar-refractivity contribution is 6.31. The Morgan fingerprint density at radius 1 is 1.10 bits per heavy atom. The monoisotopic (exact) mass is 411 g/mol. The van der Waals surface area contributed by atoms with Crippen molar-refractivity contribution >= 4 is 28.5 Å². The van der Waals surface area contributed by atoms with E-state index in [4.69, 9.17) is 16.0 Å². The maximum absolute atomic E-state index is 13.4. The Hall–Kier alpha value is -2.63. The highest BCUT2D eigenvalue weighted by Crippen LogP contribution is 2.38. The molecule has 0 radical (unpaired) electrons. The largest absolute Gasteiger partial charge is 0.450 e. The van der Waals surface area contributed by atoms with Crippen molar-refractivity contribution in [2.75, 3.05) is 27.2 Å². The Labute approximate surface area is 174 Å². The van der Waals surface area contributed by atoms with Gasteiger partial charge in [-0.1, -0.05) is 41.4 Å². The number of nitrogens with zero attached hydrogens (tertiary/aromatic N) is 1. The number of fused-ring (bicyclic) bond motifs is 2. The Balaban J connectivity index is 1.88. The van der Waals surface area contributed by atoms with Gasteiger partial charge in [-0.2, -0.15) is 0 Å². The minimum absolute atomic E-state index is 0.146. The zero-order chi connectivity index (χ0) is 20.7. The van der Waals surface area contributed by atoms with Crippen LogP contribution in [0.5, 0.6) is 0 Å². The lowest BCUT2D eigenvalue weighted by atomic mass is 9.97. The van der Waals surface area contributed by atoms with Crippen LogP contribution in [0.4, 0.5) is 0 Å². The summed E-state index contributed by atoms with van der Waals surface area (Å²) in [4.78, 5) is 29.7. The van der Waals surface area contributed by atoms with Crippen molar-refractivity contribution in [2.45, 2.75) is 19.4 Å². The summed E-state index contributed by atoms with van der Waals surface area (Å²) in [6.07, 6.45) is 0.837. The molecule has 0 spiro atoms. The third kappa shape index (κ3) is 3.56. The van der Waals surface area contributed by atoms with Crippen molar-refractivity contribution in [1.29, 1.82) is 0 Å². The second kappa shape index (κ2) is 7.65. The molecule has 1 aromatic heterocycles. The van der Waals surface area contributed by atoms with Crippen molar-refractivity contribution < 1.29 is 14.1 Å². The highest BCUT2D eigenvalue weighted by atomic mass is 35.5. The summed E-state index contributed by atoms with van der Waals surface area (Å²) in [6.45, 7) is 3.50. The third-order valence-electron chi connectivity index (χ3n) is 5.40. The van der Waals surface area contributed by atoms with E-state index in [0.717, 1.165) is 24.1 Å². The summed E-state index contributed by atoms with van der Waals surface area (Å²) in [5, 5.41) is 0.868. The number of carbonyl (C=O) groups is 1. The Morgan fingerprint density at radius 3 is 2.52 bits per heavy atom. The molecule has 1 atom stereocenters. The minimum Gasteiger partial charge on any atom is -0.450 e. The summed E-state index contributed by atoms with van der Waals surface area (Å²) in [6, 6.07) is 12.4. The lowest BCUT2D eigenvalue weighted by Gasteiger charge is -2.25. The van der Waals surface area contributed by atoms with Crippen LogP contribution in [-0.4, -0.2) is 38.0 Å². The number of rotatable bonds is 5. The van der Waals surface area contributed by atoms with Gasteiger partial charge in [0.15, 0.2) is 5.43 Å². The summed E-state index contributed by atoms with van der Waals surface area (Å²) in [5.74, 6) is -0.0825. The molecule has 6 heteroatoms. The number of amides is 1. The van der Waals surface area contributed by atoms with Crippen LogP contribution in [0.3, 0.4) is 0 Å². The standard InChI is InChI=1S/C23H23ClN2O3/c1-14-5-7-15(8-6-14)20-19-21(27)17-13-16(24)9-10-18(17)29-22(19)23(28)26(20)12-4-11-25(2)3/h5-10,13,20H,4,11-12H2,1-3H3/p+1/t20-/m1/s1. The van der Waals surface area contributed by atoms with E-state index in [0.29, 0.717) is 28.1 Å². The van der Waals surface area contributed by atoms with Gasteiger partial charge in [-0.3, -0.25) is 9.59 Å². The van der Waals surface area contributed by atoms with Gasteiger partial charge in [-0.25, -0.2) is 0 Å². The van der Waals surface area contributed by atoms with Crippen LogP contribution in [0.2, 0.25) is 5.02 Å². The molecule has 29 heavy (non-hydrogen) atoms. The molecule has 0 saturated carbocycles. The molecule has 5 nitrogen and oxygen atoms in total. The first kappa shape index (κ1) is 19.7. The summed E-state index contributed by atoms with van der Waals surface area (Å²) in [7, 11) is 4.17. The van der Waals surface area contributed by atoms with Crippen molar-refractivity contribution in [3.63, 3.8) is 0 Å². The van der Waals surface area contributed by atoms with E-state index in [-0.39, 0.29) is 17.1 Å². The van der Waals surface area contributed by atoms with Crippen LogP contribution >= 0.6 is 11.6 Å². The molecule has 3 aromatic rings. The smallest absolute Gasteiger partial charge is 0.290 e. The van der Waals surface area contributed by atoms with Crippen LogP contribution in [0.25, 0.3) is 11.0 Å². The van der Waals surface area contributed by atoms with Crippen LogP contribution in [0.15, 0.2) is 51.7 Å². The maximum Gasteiger partial charge on any atom is 0.290 e. The van der Waals surface area contributed by atoms with Crippen LogP contribution in [0, 0.1) is 6.92 Å². The Bertz CT molecular complexity index is 1140. The molecule has 150 valence electrons. The SMILES string of the molecule is Cc1ccc([C@@H]2c3c(oc4ccc(Cl)cc4c3=O)C(=O)N2CCC[NH+](C)C)cc1. The molecule has 2 heterocycles. The topological polar surface area (TPSA) is 55.0 Å². The van der Waals surface area contributed by atoms with Gasteiger partial charge in [-0.05, 0) is 30.7 Å².